The fraction of sp³-hybridized carbons (Fsp3) is 0.562. The third-order valence-electron chi connectivity index (χ3n) is 3.03. The van der Waals surface area contributed by atoms with Gasteiger partial charge >= 0.3 is 0 Å². The highest BCUT2D eigenvalue weighted by molar-refractivity contribution is 6.30. The predicted molar refractivity (Wildman–Crippen MR) is 90.0 cm³/mol. The van der Waals surface area contributed by atoms with Crippen LogP contribution < -0.4 is 15.5 Å². The van der Waals surface area contributed by atoms with Gasteiger partial charge in [-0.2, -0.15) is 0 Å². The van der Waals surface area contributed by atoms with Gasteiger partial charge in [0.2, 0.25) is 5.91 Å². The molecule has 118 valence electrons. The molecular formula is C16H26ClN3O. The maximum atomic E-state index is 11.9. The van der Waals surface area contributed by atoms with Gasteiger partial charge in [0.05, 0.1) is 6.54 Å². The second-order valence-corrected chi connectivity index (χ2v) is 5.96. The van der Waals surface area contributed by atoms with Gasteiger partial charge in [0, 0.05) is 30.3 Å². The van der Waals surface area contributed by atoms with Crippen molar-refractivity contribution < 1.29 is 4.79 Å². The first-order valence-electron chi connectivity index (χ1n) is 7.43. The molecule has 2 N–H and O–H groups in total. The highest BCUT2D eigenvalue weighted by Crippen LogP contribution is 2.24. The van der Waals surface area contributed by atoms with Crippen molar-refractivity contribution in [3.8, 4) is 0 Å². The Morgan fingerprint density at radius 1 is 1.38 bits per heavy atom. The number of hydrogen-bond acceptors (Lipinski definition) is 3. The topological polar surface area (TPSA) is 44.4 Å². The molecule has 0 bridgehead atoms. The maximum Gasteiger partial charge on any atom is 0.239 e. The molecule has 0 aliphatic rings. The summed E-state index contributed by atoms with van der Waals surface area (Å²) in [5.74, 6) is 0.0138. The molecule has 1 aromatic rings. The van der Waals surface area contributed by atoms with Crippen molar-refractivity contribution in [2.45, 2.75) is 39.8 Å². The van der Waals surface area contributed by atoms with Crippen LogP contribution in [0, 0.1) is 0 Å². The Hall–Kier alpha value is -1.26. The van der Waals surface area contributed by atoms with Crippen LogP contribution in [0.25, 0.3) is 0 Å². The van der Waals surface area contributed by atoms with Gasteiger partial charge in [-0.15, -0.1) is 0 Å². The maximum absolute atomic E-state index is 11.9. The van der Waals surface area contributed by atoms with E-state index in [0.717, 1.165) is 30.8 Å². The number of nitrogens with zero attached hydrogens (tertiary/aromatic N) is 1. The molecule has 1 amide bonds. The van der Waals surface area contributed by atoms with E-state index >= 15 is 0 Å². The second-order valence-electron chi connectivity index (χ2n) is 5.53. The highest BCUT2D eigenvalue weighted by Gasteiger charge is 2.12. The smallest absolute Gasteiger partial charge is 0.239 e. The standard InChI is InChI=1S/C16H26ClN3O/c1-5-8-18-10-13-6-7-14(17)9-15(13)20(4)11-16(21)19-12(2)3/h6-7,9,12,18H,5,8,10-11H2,1-4H3,(H,19,21). The van der Waals surface area contributed by atoms with Crippen molar-refractivity contribution in [1.29, 1.82) is 0 Å². The quantitative estimate of drug-likeness (QED) is 0.726. The van der Waals surface area contributed by atoms with E-state index in [1.54, 1.807) is 0 Å². The number of anilines is 1. The van der Waals surface area contributed by atoms with Crippen LogP contribution in [0.2, 0.25) is 5.02 Å². The van der Waals surface area contributed by atoms with E-state index in [9.17, 15) is 4.79 Å². The molecule has 21 heavy (non-hydrogen) atoms. The number of halogens is 1. The lowest BCUT2D eigenvalue weighted by Gasteiger charge is -2.23. The largest absolute Gasteiger partial charge is 0.365 e. The number of carbonyl (C=O) groups is 1. The number of benzene rings is 1. The Morgan fingerprint density at radius 3 is 2.71 bits per heavy atom. The normalized spacial score (nSPS) is 10.8. The lowest BCUT2D eigenvalue weighted by atomic mass is 10.1. The molecule has 5 heteroatoms. The monoisotopic (exact) mass is 311 g/mol. The first kappa shape index (κ1) is 17.8. The van der Waals surface area contributed by atoms with Gasteiger partial charge in [-0.3, -0.25) is 4.79 Å². The number of carbonyl (C=O) groups excluding carboxylic acids is 1. The third-order valence-corrected chi connectivity index (χ3v) is 3.27. The fourth-order valence-corrected chi connectivity index (χ4v) is 2.28. The van der Waals surface area contributed by atoms with Crippen LogP contribution in [0.4, 0.5) is 5.69 Å². The molecule has 0 saturated carbocycles. The van der Waals surface area contributed by atoms with Gasteiger partial charge in [-0.05, 0) is 44.5 Å². The Morgan fingerprint density at radius 2 is 2.10 bits per heavy atom. The van der Waals surface area contributed by atoms with Crippen LogP contribution >= 0.6 is 11.6 Å². The van der Waals surface area contributed by atoms with E-state index < -0.39 is 0 Å². The molecule has 0 aliphatic heterocycles. The number of likely N-dealkylation sites (N-methyl/N-ethyl adjacent to an activating group) is 1. The van der Waals surface area contributed by atoms with Gasteiger partial charge < -0.3 is 15.5 Å². The van der Waals surface area contributed by atoms with Crippen molar-refractivity contribution in [2.75, 3.05) is 25.0 Å². The summed E-state index contributed by atoms with van der Waals surface area (Å²) < 4.78 is 0. The molecule has 0 atom stereocenters. The lowest BCUT2D eigenvalue weighted by Crippen LogP contribution is -2.39. The van der Waals surface area contributed by atoms with Gasteiger partial charge in [-0.1, -0.05) is 24.6 Å². The van der Waals surface area contributed by atoms with Crippen LogP contribution in [0.1, 0.15) is 32.8 Å². The van der Waals surface area contributed by atoms with E-state index in [2.05, 4.69) is 17.6 Å². The lowest BCUT2D eigenvalue weighted by molar-refractivity contribution is -0.120. The average molecular weight is 312 g/mol. The highest BCUT2D eigenvalue weighted by atomic mass is 35.5. The molecular weight excluding hydrogens is 286 g/mol. The van der Waals surface area contributed by atoms with Crippen molar-refractivity contribution in [2.24, 2.45) is 0 Å². The minimum absolute atomic E-state index is 0.0138. The number of nitrogens with one attached hydrogen (secondary N) is 2. The first-order valence-corrected chi connectivity index (χ1v) is 7.81. The van der Waals surface area contributed by atoms with Gasteiger partial charge in [0.1, 0.15) is 0 Å². The van der Waals surface area contributed by atoms with Crippen molar-refractivity contribution >= 4 is 23.2 Å². The zero-order valence-corrected chi connectivity index (χ0v) is 14.1. The Labute approximate surface area is 132 Å². The average Bonchev–Trinajstić information content (AvgIpc) is 2.39. The zero-order chi connectivity index (χ0) is 15.8. The minimum atomic E-state index is 0.0138. The summed E-state index contributed by atoms with van der Waals surface area (Å²) in [5.41, 5.74) is 2.14. The molecule has 1 aromatic carbocycles. The van der Waals surface area contributed by atoms with Crippen LogP contribution in [0.15, 0.2) is 18.2 Å². The molecule has 0 radical (unpaired) electrons. The summed E-state index contributed by atoms with van der Waals surface area (Å²) >= 11 is 6.10. The van der Waals surface area contributed by atoms with E-state index in [0.29, 0.717) is 11.6 Å². The van der Waals surface area contributed by atoms with Crippen LogP contribution in [-0.4, -0.2) is 32.1 Å². The third kappa shape index (κ3) is 6.36. The summed E-state index contributed by atoms with van der Waals surface area (Å²) in [6, 6.07) is 5.95. The molecule has 0 heterocycles. The van der Waals surface area contributed by atoms with Gasteiger partial charge in [-0.25, -0.2) is 0 Å². The molecule has 1 rings (SSSR count). The zero-order valence-electron chi connectivity index (χ0n) is 13.4. The van der Waals surface area contributed by atoms with Gasteiger partial charge in [0.15, 0.2) is 0 Å². The van der Waals surface area contributed by atoms with Crippen molar-refractivity contribution in [3.05, 3.63) is 28.8 Å². The summed E-state index contributed by atoms with van der Waals surface area (Å²) in [6.07, 6.45) is 1.09. The molecule has 0 saturated heterocycles. The minimum Gasteiger partial charge on any atom is -0.365 e. The SMILES string of the molecule is CCCNCc1ccc(Cl)cc1N(C)CC(=O)NC(C)C. The molecule has 0 aliphatic carbocycles. The number of hydrogen-bond donors (Lipinski definition) is 2. The summed E-state index contributed by atoms with van der Waals surface area (Å²) in [7, 11) is 1.91. The molecule has 4 nitrogen and oxygen atoms in total. The number of rotatable bonds is 8. The molecule has 0 unspecified atom stereocenters. The van der Waals surface area contributed by atoms with E-state index in [-0.39, 0.29) is 11.9 Å². The predicted octanol–water partition coefficient (Wildman–Crippen LogP) is 2.80. The summed E-state index contributed by atoms with van der Waals surface area (Å²) in [4.78, 5) is 13.8. The summed E-state index contributed by atoms with van der Waals surface area (Å²) in [6.45, 7) is 8.11. The van der Waals surface area contributed by atoms with Crippen molar-refractivity contribution in [1.82, 2.24) is 10.6 Å². The Balaban J connectivity index is 2.78. The summed E-state index contributed by atoms with van der Waals surface area (Å²) in [5, 5.41) is 6.96. The Bertz CT molecular complexity index is 463. The second kappa shape index (κ2) is 8.90. The number of amides is 1. The molecule has 0 fully saturated rings. The van der Waals surface area contributed by atoms with E-state index in [4.69, 9.17) is 11.6 Å². The fourth-order valence-electron chi connectivity index (χ4n) is 2.11. The van der Waals surface area contributed by atoms with Gasteiger partial charge in [0.25, 0.3) is 0 Å². The van der Waals surface area contributed by atoms with E-state index in [1.807, 2.05) is 44.0 Å². The molecule has 0 spiro atoms. The Kier molecular flexibility index (Phi) is 7.54. The molecule has 0 aromatic heterocycles. The first-order chi connectivity index (χ1) is 9.93. The van der Waals surface area contributed by atoms with Crippen LogP contribution in [0.5, 0.6) is 0 Å². The van der Waals surface area contributed by atoms with Crippen LogP contribution in [-0.2, 0) is 11.3 Å². The van der Waals surface area contributed by atoms with E-state index in [1.165, 1.54) is 0 Å². The van der Waals surface area contributed by atoms with Crippen LogP contribution in [0.3, 0.4) is 0 Å². The van der Waals surface area contributed by atoms with Crippen molar-refractivity contribution in [3.63, 3.8) is 0 Å².